The van der Waals surface area contributed by atoms with Crippen molar-refractivity contribution in [3.63, 3.8) is 0 Å². The molecule has 1 N–H and O–H groups in total. The van der Waals surface area contributed by atoms with Crippen molar-refractivity contribution in [2.24, 2.45) is 5.92 Å². The first-order valence-corrected chi connectivity index (χ1v) is 6.87. The molecule has 0 saturated carbocycles. The monoisotopic (exact) mass is 279 g/mol. The molecule has 1 aliphatic heterocycles. The zero-order valence-electron chi connectivity index (χ0n) is 12.0. The molecule has 1 saturated heterocycles. The standard InChI is InChI=1S/C14H21N3O3/c1-3-17(9-11-6-8-20-10-11)14(18)16-12-5-4-7-15-13(12)19-2/h4-5,7,11H,3,6,8-10H2,1-2H3,(H,16,18). The summed E-state index contributed by atoms with van der Waals surface area (Å²) in [5.74, 6) is 0.845. The van der Waals surface area contributed by atoms with Gasteiger partial charge in [0, 0.05) is 31.8 Å². The lowest BCUT2D eigenvalue weighted by Gasteiger charge is -2.24. The number of methoxy groups -OCH3 is 1. The van der Waals surface area contributed by atoms with Crippen molar-refractivity contribution < 1.29 is 14.3 Å². The molecule has 0 radical (unpaired) electrons. The lowest BCUT2D eigenvalue weighted by Crippen LogP contribution is -2.38. The van der Waals surface area contributed by atoms with Crippen LogP contribution in [0.3, 0.4) is 0 Å². The van der Waals surface area contributed by atoms with Gasteiger partial charge in [-0.2, -0.15) is 0 Å². The summed E-state index contributed by atoms with van der Waals surface area (Å²) in [6.45, 7) is 4.87. The first kappa shape index (κ1) is 14.6. The number of ether oxygens (including phenoxy) is 2. The van der Waals surface area contributed by atoms with Gasteiger partial charge in [-0.25, -0.2) is 9.78 Å². The molecular weight excluding hydrogens is 258 g/mol. The van der Waals surface area contributed by atoms with Crippen LogP contribution in [0.1, 0.15) is 13.3 Å². The highest BCUT2D eigenvalue weighted by molar-refractivity contribution is 5.90. The quantitative estimate of drug-likeness (QED) is 0.895. The number of rotatable bonds is 5. The molecule has 110 valence electrons. The van der Waals surface area contributed by atoms with Crippen LogP contribution in [0.2, 0.25) is 0 Å². The van der Waals surface area contributed by atoms with Gasteiger partial charge in [0.25, 0.3) is 0 Å². The van der Waals surface area contributed by atoms with Gasteiger partial charge in [0.1, 0.15) is 5.69 Å². The second-order valence-corrected chi connectivity index (χ2v) is 4.76. The van der Waals surface area contributed by atoms with E-state index in [1.807, 2.05) is 6.92 Å². The van der Waals surface area contributed by atoms with Crippen LogP contribution in [-0.4, -0.2) is 49.3 Å². The van der Waals surface area contributed by atoms with Gasteiger partial charge in [-0.05, 0) is 25.5 Å². The maximum Gasteiger partial charge on any atom is 0.321 e. The number of carbonyl (C=O) groups is 1. The summed E-state index contributed by atoms with van der Waals surface area (Å²) in [6, 6.07) is 3.40. The van der Waals surface area contributed by atoms with E-state index >= 15 is 0 Å². The van der Waals surface area contributed by atoms with Crippen molar-refractivity contribution in [3.8, 4) is 5.88 Å². The molecule has 0 bridgehead atoms. The lowest BCUT2D eigenvalue weighted by molar-refractivity contribution is 0.171. The first-order valence-electron chi connectivity index (χ1n) is 6.87. The minimum atomic E-state index is -0.134. The van der Waals surface area contributed by atoms with E-state index in [-0.39, 0.29) is 6.03 Å². The van der Waals surface area contributed by atoms with Gasteiger partial charge in [0.05, 0.1) is 13.7 Å². The highest BCUT2D eigenvalue weighted by atomic mass is 16.5. The SMILES string of the molecule is CCN(CC1CCOC1)C(=O)Nc1cccnc1OC. The summed E-state index contributed by atoms with van der Waals surface area (Å²) >= 11 is 0. The molecule has 0 aliphatic carbocycles. The van der Waals surface area contributed by atoms with Crippen LogP contribution in [0.5, 0.6) is 5.88 Å². The number of aromatic nitrogens is 1. The third-order valence-corrected chi connectivity index (χ3v) is 3.38. The van der Waals surface area contributed by atoms with Crippen molar-refractivity contribution in [1.82, 2.24) is 9.88 Å². The number of amides is 2. The fourth-order valence-electron chi connectivity index (χ4n) is 2.24. The average molecular weight is 279 g/mol. The second kappa shape index (κ2) is 7.09. The Morgan fingerprint density at radius 3 is 3.15 bits per heavy atom. The summed E-state index contributed by atoms with van der Waals surface area (Å²) in [5.41, 5.74) is 0.584. The molecule has 1 fully saturated rings. The fourth-order valence-corrected chi connectivity index (χ4v) is 2.24. The molecule has 1 aliphatic rings. The van der Waals surface area contributed by atoms with Gasteiger partial charge >= 0.3 is 6.03 Å². The number of urea groups is 1. The van der Waals surface area contributed by atoms with Crippen molar-refractivity contribution in [3.05, 3.63) is 18.3 Å². The zero-order valence-corrected chi connectivity index (χ0v) is 12.0. The van der Waals surface area contributed by atoms with E-state index < -0.39 is 0 Å². The molecule has 2 heterocycles. The summed E-state index contributed by atoms with van der Waals surface area (Å²) in [4.78, 5) is 18.1. The van der Waals surface area contributed by atoms with E-state index in [0.717, 1.165) is 19.6 Å². The van der Waals surface area contributed by atoms with Gasteiger partial charge in [0.15, 0.2) is 0 Å². The molecule has 0 aromatic carbocycles. The Kier molecular flexibility index (Phi) is 5.17. The Bertz CT molecular complexity index is 447. The van der Waals surface area contributed by atoms with Crippen LogP contribution in [0, 0.1) is 5.92 Å². The van der Waals surface area contributed by atoms with Gasteiger partial charge in [-0.3, -0.25) is 0 Å². The van der Waals surface area contributed by atoms with Crippen LogP contribution in [0.25, 0.3) is 0 Å². The predicted molar refractivity (Wildman–Crippen MR) is 76.0 cm³/mol. The van der Waals surface area contributed by atoms with Crippen LogP contribution < -0.4 is 10.1 Å². The topological polar surface area (TPSA) is 63.7 Å². The number of carbonyl (C=O) groups excluding carboxylic acids is 1. The number of hydrogen-bond donors (Lipinski definition) is 1. The number of nitrogens with zero attached hydrogens (tertiary/aromatic N) is 2. The van der Waals surface area contributed by atoms with Crippen molar-refractivity contribution in [1.29, 1.82) is 0 Å². The van der Waals surface area contributed by atoms with E-state index in [9.17, 15) is 4.79 Å². The summed E-state index contributed by atoms with van der Waals surface area (Å²) < 4.78 is 10.5. The molecule has 2 rings (SSSR count). The molecule has 1 aromatic rings. The molecule has 1 unspecified atom stereocenters. The molecule has 6 nitrogen and oxygen atoms in total. The van der Waals surface area contributed by atoms with E-state index in [4.69, 9.17) is 9.47 Å². The second-order valence-electron chi connectivity index (χ2n) is 4.76. The average Bonchev–Trinajstić information content (AvgIpc) is 2.98. The van der Waals surface area contributed by atoms with Crippen molar-refractivity contribution in [2.45, 2.75) is 13.3 Å². The molecular formula is C14H21N3O3. The number of pyridine rings is 1. The van der Waals surface area contributed by atoms with Gasteiger partial charge < -0.3 is 19.7 Å². The normalized spacial score (nSPS) is 17.8. The zero-order chi connectivity index (χ0) is 14.4. The van der Waals surface area contributed by atoms with Gasteiger partial charge in [-0.1, -0.05) is 0 Å². The predicted octanol–water partition coefficient (Wildman–Crippen LogP) is 1.98. The molecule has 0 spiro atoms. The van der Waals surface area contributed by atoms with E-state index in [2.05, 4.69) is 10.3 Å². The number of hydrogen-bond acceptors (Lipinski definition) is 4. The maximum absolute atomic E-state index is 12.3. The van der Waals surface area contributed by atoms with E-state index in [1.165, 1.54) is 7.11 Å². The van der Waals surface area contributed by atoms with Crippen LogP contribution in [0.15, 0.2) is 18.3 Å². The van der Waals surface area contributed by atoms with Crippen molar-refractivity contribution >= 4 is 11.7 Å². The molecule has 1 atom stereocenters. The maximum atomic E-state index is 12.3. The number of nitrogens with one attached hydrogen (secondary N) is 1. The van der Waals surface area contributed by atoms with Gasteiger partial charge in [-0.15, -0.1) is 0 Å². The third-order valence-electron chi connectivity index (χ3n) is 3.38. The molecule has 1 aromatic heterocycles. The third kappa shape index (κ3) is 3.60. The summed E-state index contributed by atoms with van der Waals surface area (Å²) in [5, 5.41) is 2.85. The minimum absolute atomic E-state index is 0.134. The van der Waals surface area contributed by atoms with E-state index in [0.29, 0.717) is 30.6 Å². The largest absolute Gasteiger partial charge is 0.480 e. The Morgan fingerprint density at radius 1 is 1.65 bits per heavy atom. The number of anilines is 1. The lowest BCUT2D eigenvalue weighted by atomic mass is 10.1. The smallest absolute Gasteiger partial charge is 0.321 e. The highest BCUT2D eigenvalue weighted by Gasteiger charge is 2.22. The first-order chi connectivity index (χ1) is 9.74. The minimum Gasteiger partial charge on any atom is -0.480 e. The molecule has 2 amide bonds. The Hall–Kier alpha value is -1.82. The van der Waals surface area contributed by atoms with Crippen molar-refractivity contribution in [2.75, 3.05) is 38.7 Å². The Balaban J connectivity index is 1.97. The fraction of sp³-hybridized carbons (Fsp3) is 0.571. The van der Waals surface area contributed by atoms with Crippen LogP contribution in [-0.2, 0) is 4.74 Å². The highest BCUT2D eigenvalue weighted by Crippen LogP contribution is 2.21. The van der Waals surface area contributed by atoms with E-state index in [1.54, 1.807) is 23.2 Å². The summed E-state index contributed by atoms with van der Waals surface area (Å²) in [7, 11) is 1.53. The molecule has 20 heavy (non-hydrogen) atoms. The van der Waals surface area contributed by atoms with Gasteiger partial charge in [0.2, 0.25) is 5.88 Å². The Morgan fingerprint density at radius 2 is 2.50 bits per heavy atom. The Labute approximate surface area is 119 Å². The van der Waals surface area contributed by atoms with Crippen LogP contribution >= 0.6 is 0 Å². The summed E-state index contributed by atoms with van der Waals surface area (Å²) in [6.07, 6.45) is 2.64. The van der Waals surface area contributed by atoms with Crippen LogP contribution in [0.4, 0.5) is 10.5 Å². The molecule has 6 heteroatoms.